The van der Waals surface area contributed by atoms with Crippen molar-refractivity contribution >= 4 is 29.0 Å². The zero-order valence-electron chi connectivity index (χ0n) is 16.0. The van der Waals surface area contributed by atoms with E-state index in [1.165, 1.54) is 11.8 Å². The van der Waals surface area contributed by atoms with E-state index in [9.17, 15) is 10.1 Å². The van der Waals surface area contributed by atoms with Crippen LogP contribution in [0, 0.1) is 11.3 Å². The molecule has 27 heavy (non-hydrogen) atoms. The minimum absolute atomic E-state index is 0.0215. The van der Waals surface area contributed by atoms with Gasteiger partial charge in [-0.2, -0.15) is 5.26 Å². The van der Waals surface area contributed by atoms with Crippen molar-refractivity contribution in [3.63, 3.8) is 0 Å². The van der Waals surface area contributed by atoms with Gasteiger partial charge in [0.15, 0.2) is 11.0 Å². The fourth-order valence-electron chi connectivity index (χ4n) is 3.60. The molecule has 3 rings (SSSR count). The van der Waals surface area contributed by atoms with Crippen LogP contribution in [0.4, 0.5) is 0 Å². The van der Waals surface area contributed by atoms with Gasteiger partial charge in [0.1, 0.15) is 5.54 Å². The Labute approximate surface area is 168 Å². The average Bonchev–Trinajstić information content (AvgIpc) is 3.36. The first kappa shape index (κ1) is 19.9. The fraction of sp³-hybridized carbons (Fsp3) is 0.579. The predicted molar refractivity (Wildman–Crippen MR) is 109 cm³/mol. The topological polar surface area (TPSA) is 74.8 Å². The number of thiophene rings is 1. The lowest BCUT2D eigenvalue weighted by atomic mass is 9.81. The number of nitrogens with zero attached hydrogens (tertiary/aromatic N) is 5. The standard InChI is InChI=1S/C19H25N5OS2/c1-4-24-16(15-9-8-12-26-15)21-22-18(24)27-14(2)17(25)23(3)19(13-20)10-6-5-7-11-19/h8-9,12,14H,4-7,10-11H2,1-3H3/t14-/m1/s1. The van der Waals surface area contributed by atoms with E-state index in [-0.39, 0.29) is 11.2 Å². The Morgan fingerprint density at radius 2 is 2.19 bits per heavy atom. The first-order valence-corrected chi connectivity index (χ1v) is 11.1. The Hall–Kier alpha value is -1.85. The number of thioether (sulfide) groups is 1. The maximum atomic E-state index is 13.0. The summed E-state index contributed by atoms with van der Waals surface area (Å²) in [5, 5.41) is 20.8. The zero-order valence-corrected chi connectivity index (χ0v) is 17.6. The average molecular weight is 404 g/mol. The third kappa shape index (κ3) is 3.90. The molecule has 2 heterocycles. The smallest absolute Gasteiger partial charge is 0.236 e. The maximum Gasteiger partial charge on any atom is 0.236 e. The van der Waals surface area contributed by atoms with Gasteiger partial charge in [-0.15, -0.1) is 21.5 Å². The summed E-state index contributed by atoms with van der Waals surface area (Å²) in [5.74, 6) is 0.815. The lowest BCUT2D eigenvalue weighted by Gasteiger charge is -2.40. The Balaban J connectivity index is 1.76. The number of hydrogen-bond donors (Lipinski definition) is 0. The van der Waals surface area contributed by atoms with Gasteiger partial charge in [0.25, 0.3) is 0 Å². The molecule has 1 atom stereocenters. The van der Waals surface area contributed by atoms with Crippen LogP contribution in [0.3, 0.4) is 0 Å². The van der Waals surface area contributed by atoms with Crippen LogP contribution in [0.2, 0.25) is 0 Å². The van der Waals surface area contributed by atoms with Crippen molar-refractivity contribution in [2.75, 3.05) is 7.05 Å². The number of carbonyl (C=O) groups is 1. The molecule has 2 aromatic rings. The summed E-state index contributed by atoms with van der Waals surface area (Å²) < 4.78 is 2.04. The molecule has 0 bridgehead atoms. The summed E-state index contributed by atoms with van der Waals surface area (Å²) in [7, 11) is 1.77. The summed E-state index contributed by atoms with van der Waals surface area (Å²) in [6.07, 6.45) is 4.66. The number of nitriles is 1. The van der Waals surface area contributed by atoms with E-state index in [1.54, 1.807) is 23.3 Å². The highest BCUT2D eigenvalue weighted by molar-refractivity contribution is 8.00. The van der Waals surface area contributed by atoms with Crippen LogP contribution in [0.1, 0.15) is 46.0 Å². The van der Waals surface area contributed by atoms with Gasteiger partial charge in [-0.25, -0.2) is 0 Å². The number of rotatable bonds is 6. The molecule has 8 heteroatoms. The SMILES string of the molecule is CCn1c(S[C@H](C)C(=O)N(C)C2(C#N)CCCCC2)nnc1-c1cccs1. The molecule has 1 fully saturated rings. The minimum atomic E-state index is -0.662. The molecule has 0 unspecified atom stereocenters. The van der Waals surface area contributed by atoms with E-state index in [0.717, 1.165) is 54.5 Å². The maximum absolute atomic E-state index is 13.0. The van der Waals surface area contributed by atoms with E-state index in [4.69, 9.17) is 0 Å². The number of aromatic nitrogens is 3. The van der Waals surface area contributed by atoms with Gasteiger partial charge in [-0.05, 0) is 38.1 Å². The first-order chi connectivity index (χ1) is 13.0. The number of hydrogen-bond acceptors (Lipinski definition) is 6. The third-order valence-corrected chi connectivity index (χ3v) is 7.20. The van der Waals surface area contributed by atoms with Crippen LogP contribution >= 0.6 is 23.1 Å². The summed E-state index contributed by atoms with van der Waals surface area (Å²) in [4.78, 5) is 15.8. The molecule has 1 amide bonds. The molecule has 0 N–H and O–H groups in total. The van der Waals surface area contributed by atoms with Crippen molar-refractivity contribution in [2.45, 2.75) is 68.4 Å². The number of carbonyl (C=O) groups excluding carboxylic acids is 1. The lowest BCUT2D eigenvalue weighted by molar-refractivity contribution is -0.133. The van der Waals surface area contributed by atoms with Crippen LogP contribution in [0.5, 0.6) is 0 Å². The van der Waals surface area contributed by atoms with Gasteiger partial charge in [-0.1, -0.05) is 37.1 Å². The summed E-state index contributed by atoms with van der Waals surface area (Å²) in [5.41, 5.74) is -0.662. The van der Waals surface area contributed by atoms with E-state index in [0.29, 0.717) is 0 Å². The summed E-state index contributed by atoms with van der Waals surface area (Å²) in [6.45, 7) is 4.67. The summed E-state index contributed by atoms with van der Waals surface area (Å²) >= 11 is 3.04. The first-order valence-electron chi connectivity index (χ1n) is 9.35. The Kier molecular flexibility index (Phi) is 6.22. The van der Waals surface area contributed by atoms with Crippen molar-refractivity contribution in [3.8, 4) is 16.8 Å². The molecule has 1 saturated carbocycles. The van der Waals surface area contributed by atoms with Crippen LogP contribution < -0.4 is 0 Å². The number of amides is 1. The molecule has 0 radical (unpaired) electrons. The molecule has 1 aliphatic rings. The molecule has 0 saturated heterocycles. The molecular formula is C19H25N5OS2. The molecule has 1 aliphatic carbocycles. The van der Waals surface area contributed by atoms with Crippen molar-refractivity contribution < 1.29 is 4.79 Å². The Bertz CT molecular complexity index is 818. The lowest BCUT2D eigenvalue weighted by Crippen LogP contribution is -2.52. The van der Waals surface area contributed by atoms with Crippen molar-refractivity contribution in [1.29, 1.82) is 5.26 Å². The van der Waals surface area contributed by atoms with Gasteiger partial charge in [-0.3, -0.25) is 4.79 Å². The van der Waals surface area contributed by atoms with Gasteiger partial charge < -0.3 is 9.47 Å². The molecule has 0 aliphatic heterocycles. The van der Waals surface area contributed by atoms with Crippen molar-refractivity contribution in [3.05, 3.63) is 17.5 Å². The minimum Gasteiger partial charge on any atom is -0.326 e. The van der Waals surface area contributed by atoms with Crippen LogP contribution in [0.25, 0.3) is 10.7 Å². The van der Waals surface area contributed by atoms with Gasteiger partial charge in [0, 0.05) is 13.6 Å². The predicted octanol–water partition coefficient (Wildman–Crippen LogP) is 4.19. The molecular weight excluding hydrogens is 378 g/mol. The highest BCUT2D eigenvalue weighted by Gasteiger charge is 2.40. The monoisotopic (exact) mass is 403 g/mol. The molecule has 2 aromatic heterocycles. The molecule has 144 valence electrons. The summed E-state index contributed by atoms with van der Waals surface area (Å²) in [6, 6.07) is 6.45. The second kappa shape index (κ2) is 8.44. The highest BCUT2D eigenvalue weighted by Crippen LogP contribution is 2.35. The fourth-order valence-corrected chi connectivity index (χ4v) is 5.32. The van der Waals surface area contributed by atoms with E-state index in [1.807, 2.05) is 29.0 Å². The van der Waals surface area contributed by atoms with E-state index < -0.39 is 5.54 Å². The zero-order chi connectivity index (χ0) is 19.4. The van der Waals surface area contributed by atoms with Crippen LogP contribution in [-0.2, 0) is 11.3 Å². The molecule has 0 spiro atoms. The van der Waals surface area contributed by atoms with E-state index in [2.05, 4.69) is 23.2 Å². The Morgan fingerprint density at radius 1 is 1.44 bits per heavy atom. The van der Waals surface area contributed by atoms with E-state index >= 15 is 0 Å². The van der Waals surface area contributed by atoms with Gasteiger partial charge >= 0.3 is 0 Å². The van der Waals surface area contributed by atoms with Gasteiger partial charge in [0.05, 0.1) is 16.2 Å². The van der Waals surface area contributed by atoms with Crippen molar-refractivity contribution in [2.24, 2.45) is 0 Å². The second-order valence-corrected chi connectivity index (χ2v) is 9.14. The second-order valence-electron chi connectivity index (χ2n) is 6.89. The largest absolute Gasteiger partial charge is 0.326 e. The third-order valence-electron chi connectivity index (χ3n) is 5.27. The van der Waals surface area contributed by atoms with Crippen LogP contribution in [0.15, 0.2) is 22.7 Å². The molecule has 0 aromatic carbocycles. The van der Waals surface area contributed by atoms with Gasteiger partial charge in [0.2, 0.25) is 5.91 Å². The molecule has 6 nitrogen and oxygen atoms in total. The van der Waals surface area contributed by atoms with Crippen LogP contribution in [-0.4, -0.2) is 43.4 Å². The quantitative estimate of drug-likeness (QED) is 0.676. The highest BCUT2D eigenvalue weighted by atomic mass is 32.2. The van der Waals surface area contributed by atoms with Crippen molar-refractivity contribution in [1.82, 2.24) is 19.7 Å². The Morgan fingerprint density at radius 3 is 2.78 bits per heavy atom. The normalized spacial score (nSPS) is 17.3.